The molecule has 0 aromatic carbocycles. The van der Waals surface area contributed by atoms with Gasteiger partial charge in [0.15, 0.2) is 0 Å². The Labute approximate surface area is 223 Å². The largest absolute Gasteiger partial charge is 0.461 e. The molecule has 0 radical (unpaired) electrons. The Hall–Kier alpha value is -4.67. The zero-order valence-electron chi connectivity index (χ0n) is 21.6. The van der Waals surface area contributed by atoms with Crippen molar-refractivity contribution in [3.05, 3.63) is 60.2 Å². The van der Waals surface area contributed by atoms with E-state index in [0.29, 0.717) is 40.4 Å². The summed E-state index contributed by atoms with van der Waals surface area (Å²) in [5, 5.41) is 28.9. The molecule has 4 rings (SSSR count). The molecule has 39 heavy (non-hydrogen) atoms. The van der Waals surface area contributed by atoms with E-state index in [1.165, 1.54) is 38.6 Å². The number of hydrogen-bond acceptors (Lipinski definition) is 10. The molecule has 0 aliphatic rings. The van der Waals surface area contributed by atoms with Crippen LogP contribution in [0.4, 0.5) is 15.8 Å². The summed E-state index contributed by atoms with van der Waals surface area (Å²) in [6.45, 7) is 2.93. The van der Waals surface area contributed by atoms with Crippen LogP contribution in [0.1, 0.15) is 29.8 Å². The number of pyridine rings is 1. The number of methoxy groups -OCH3 is 1. The summed E-state index contributed by atoms with van der Waals surface area (Å²) < 4.78 is 26.2. The maximum atomic E-state index is 14.3. The number of nitrogens with one attached hydrogen (secondary N) is 2. The number of alkyl halides is 1. The fraction of sp³-hybridized carbons (Fsp3) is 0.308. The third-order valence-corrected chi connectivity index (χ3v) is 5.67. The van der Waals surface area contributed by atoms with Gasteiger partial charge in [-0.15, -0.1) is 0 Å². The van der Waals surface area contributed by atoms with Gasteiger partial charge in [0.1, 0.15) is 18.8 Å². The minimum Gasteiger partial charge on any atom is -0.461 e. The van der Waals surface area contributed by atoms with Crippen molar-refractivity contribution in [2.75, 3.05) is 32.2 Å². The van der Waals surface area contributed by atoms with Gasteiger partial charge in [-0.3, -0.25) is 9.78 Å². The van der Waals surface area contributed by atoms with Gasteiger partial charge >= 0.3 is 6.01 Å². The van der Waals surface area contributed by atoms with E-state index >= 15 is 0 Å². The maximum absolute atomic E-state index is 14.3. The highest BCUT2D eigenvalue weighted by Crippen LogP contribution is 2.27. The number of aliphatic hydroxyl groups is 1. The number of aromatic nitrogens is 5. The first-order valence-electron chi connectivity index (χ1n) is 11.9. The molecule has 4 aromatic rings. The van der Waals surface area contributed by atoms with Gasteiger partial charge in [-0.1, -0.05) is 0 Å². The average Bonchev–Trinajstić information content (AvgIpc) is 3.35. The summed E-state index contributed by atoms with van der Waals surface area (Å²) >= 11 is 0. The summed E-state index contributed by atoms with van der Waals surface area (Å²) in [4.78, 5) is 25.8. The Bertz CT molecular complexity index is 1490. The molecule has 4 heterocycles. The molecule has 12 nitrogen and oxygen atoms in total. The molecule has 202 valence electrons. The van der Waals surface area contributed by atoms with Crippen LogP contribution in [-0.4, -0.2) is 74.2 Å². The van der Waals surface area contributed by atoms with Crippen LogP contribution >= 0.6 is 0 Å². The normalized spacial score (nSPS) is 12.1. The zero-order valence-corrected chi connectivity index (χ0v) is 21.6. The smallest absolute Gasteiger partial charge is 0.316 e. The van der Waals surface area contributed by atoms with Crippen LogP contribution in [0.3, 0.4) is 0 Å². The molecule has 0 bridgehead atoms. The number of carbonyl (C=O) groups excluding carboxylic acids is 1. The van der Waals surface area contributed by atoms with Gasteiger partial charge in [0.2, 0.25) is 0 Å². The van der Waals surface area contributed by atoms with Crippen molar-refractivity contribution in [1.82, 2.24) is 29.9 Å². The Morgan fingerprint density at radius 2 is 1.95 bits per heavy atom. The van der Waals surface area contributed by atoms with Crippen LogP contribution in [-0.2, 0) is 4.74 Å². The van der Waals surface area contributed by atoms with Gasteiger partial charge in [0, 0.05) is 13.3 Å². The second-order valence-corrected chi connectivity index (χ2v) is 9.08. The van der Waals surface area contributed by atoms with Crippen molar-refractivity contribution in [2.45, 2.75) is 25.6 Å². The summed E-state index contributed by atoms with van der Waals surface area (Å²) in [6.07, 6.45) is 4.10. The van der Waals surface area contributed by atoms with Crippen molar-refractivity contribution in [3.63, 3.8) is 0 Å². The maximum Gasteiger partial charge on any atom is 0.316 e. The molecule has 1 atom stereocenters. The molecule has 1 amide bonds. The third kappa shape index (κ3) is 6.61. The predicted molar refractivity (Wildman–Crippen MR) is 139 cm³/mol. The van der Waals surface area contributed by atoms with Crippen LogP contribution < -0.4 is 15.4 Å². The van der Waals surface area contributed by atoms with Crippen LogP contribution in [0, 0.1) is 11.3 Å². The Morgan fingerprint density at radius 3 is 2.64 bits per heavy atom. The highest BCUT2D eigenvalue weighted by Gasteiger charge is 2.27. The highest BCUT2D eigenvalue weighted by atomic mass is 19.1. The number of carbonyl (C=O) groups is 1. The van der Waals surface area contributed by atoms with Crippen molar-refractivity contribution in [2.24, 2.45) is 0 Å². The summed E-state index contributed by atoms with van der Waals surface area (Å²) in [5.74, 6) is -0.597. The lowest BCUT2D eigenvalue weighted by Gasteiger charge is -2.22. The van der Waals surface area contributed by atoms with E-state index in [0.717, 1.165) is 0 Å². The molecule has 0 aliphatic heterocycles. The summed E-state index contributed by atoms with van der Waals surface area (Å²) in [6, 6.07) is 9.15. The van der Waals surface area contributed by atoms with Gasteiger partial charge in [-0.05, 0) is 38.1 Å². The van der Waals surface area contributed by atoms with Crippen LogP contribution in [0.2, 0.25) is 0 Å². The highest BCUT2D eigenvalue weighted by molar-refractivity contribution is 6.00. The van der Waals surface area contributed by atoms with Crippen molar-refractivity contribution in [3.8, 4) is 23.5 Å². The molecule has 0 saturated carbocycles. The predicted octanol–water partition coefficient (Wildman–Crippen LogP) is 2.67. The van der Waals surface area contributed by atoms with E-state index in [1.807, 2.05) is 0 Å². The average molecular weight is 535 g/mol. The molecule has 4 aromatic heterocycles. The number of ether oxygens (including phenoxy) is 2. The minimum absolute atomic E-state index is 0.128. The number of hydrogen-bond donors (Lipinski definition) is 3. The van der Waals surface area contributed by atoms with E-state index in [2.05, 4.69) is 36.8 Å². The van der Waals surface area contributed by atoms with E-state index in [4.69, 9.17) is 14.7 Å². The summed E-state index contributed by atoms with van der Waals surface area (Å²) in [5.41, 5.74) is 1.52. The molecular formula is C26H27FN8O4. The summed E-state index contributed by atoms with van der Waals surface area (Å²) in [7, 11) is 1.56. The fourth-order valence-electron chi connectivity index (χ4n) is 3.49. The van der Waals surface area contributed by atoms with Crippen LogP contribution in [0.5, 0.6) is 6.01 Å². The van der Waals surface area contributed by atoms with E-state index < -0.39 is 24.2 Å². The number of fused-ring (bicyclic) bond motifs is 1. The zero-order chi connectivity index (χ0) is 28.0. The monoisotopic (exact) mass is 534 g/mol. The topological polar surface area (TPSA) is 160 Å². The van der Waals surface area contributed by atoms with Gasteiger partial charge in [-0.2, -0.15) is 10.4 Å². The second kappa shape index (κ2) is 11.8. The molecule has 0 saturated heterocycles. The molecule has 0 aliphatic carbocycles. The van der Waals surface area contributed by atoms with Gasteiger partial charge < -0.3 is 25.2 Å². The van der Waals surface area contributed by atoms with Gasteiger partial charge in [-0.25, -0.2) is 18.9 Å². The van der Waals surface area contributed by atoms with E-state index in [1.54, 1.807) is 35.9 Å². The number of anilines is 2. The number of rotatable bonds is 11. The first kappa shape index (κ1) is 27.4. The molecule has 3 N–H and O–H groups in total. The lowest BCUT2D eigenvalue weighted by Crippen LogP contribution is -2.42. The first-order valence-corrected chi connectivity index (χ1v) is 11.9. The number of nitriles is 1. The Balaban J connectivity index is 1.65. The minimum atomic E-state index is -1.68. The lowest BCUT2D eigenvalue weighted by molar-refractivity contribution is -0.00177. The quantitative estimate of drug-likeness (QED) is 0.244. The third-order valence-electron chi connectivity index (χ3n) is 5.67. The molecule has 1 unspecified atom stereocenters. The number of nitrogens with zero attached hydrogens (tertiary/aromatic N) is 6. The Morgan fingerprint density at radius 1 is 1.18 bits per heavy atom. The standard InChI is InChI=1S/C26H27FN8O4/c1-26(2,37)23(27)15-30-24(36)19-14-29-21(22-5-4-18-8-16(10-28)11-33-35(18)22)9-20(19)34-17-12-31-25(32-13-17)39-7-6-38-3/h4-5,8-9,11-14,23,37H,6-7,15H2,1-3H3,(H,29,34)(H,30,36). The number of halogens is 1. The Kier molecular flexibility index (Phi) is 8.28. The molecule has 0 fully saturated rings. The van der Waals surface area contributed by atoms with Crippen molar-refractivity contribution < 1.29 is 23.8 Å². The molecule has 0 spiro atoms. The van der Waals surface area contributed by atoms with Crippen molar-refractivity contribution >= 4 is 22.8 Å². The second-order valence-electron chi connectivity index (χ2n) is 9.08. The van der Waals surface area contributed by atoms with Crippen LogP contribution in [0.15, 0.2) is 49.1 Å². The fourth-order valence-corrected chi connectivity index (χ4v) is 3.49. The van der Waals surface area contributed by atoms with Gasteiger partial charge in [0.25, 0.3) is 5.91 Å². The van der Waals surface area contributed by atoms with E-state index in [-0.39, 0.29) is 18.2 Å². The van der Waals surface area contributed by atoms with Gasteiger partial charge in [0.05, 0.1) is 76.7 Å². The van der Waals surface area contributed by atoms with Crippen molar-refractivity contribution in [1.29, 1.82) is 5.26 Å². The number of amides is 1. The van der Waals surface area contributed by atoms with Crippen LogP contribution in [0.25, 0.3) is 16.9 Å². The first-order chi connectivity index (χ1) is 18.7. The molecular weight excluding hydrogens is 507 g/mol. The molecule has 13 heteroatoms. The SMILES string of the molecule is COCCOc1ncc(Nc2cc(-c3ccc4cc(C#N)cnn34)ncc2C(=O)NCC(F)C(C)(C)O)cn1. The van der Waals surface area contributed by atoms with E-state index in [9.17, 15) is 14.3 Å². The lowest BCUT2D eigenvalue weighted by atomic mass is 10.0.